The van der Waals surface area contributed by atoms with Crippen molar-refractivity contribution in [1.82, 2.24) is 10.6 Å². The number of aliphatic hydroxyl groups is 1. The first kappa shape index (κ1) is 16.8. The number of carbonyl (C=O) groups is 1. The molecule has 2 unspecified atom stereocenters. The standard InChI is InChI=1S/C17H26N2O3/c1-13-5-3-6-15(9-13)22-11-14(20)10-19-16(21)17(2)7-4-8-18-12-17/h3,5-6,9,14,18,20H,4,7-8,10-12H2,1-2H3,(H,19,21). The van der Waals surface area contributed by atoms with Gasteiger partial charge in [0.05, 0.1) is 5.41 Å². The molecule has 1 fully saturated rings. The highest BCUT2D eigenvalue weighted by Crippen LogP contribution is 2.25. The van der Waals surface area contributed by atoms with Crippen LogP contribution in [-0.4, -0.2) is 43.4 Å². The van der Waals surface area contributed by atoms with E-state index in [9.17, 15) is 9.90 Å². The van der Waals surface area contributed by atoms with Crippen LogP contribution in [0.1, 0.15) is 25.3 Å². The molecular weight excluding hydrogens is 280 g/mol. The zero-order valence-corrected chi connectivity index (χ0v) is 13.4. The number of piperidine rings is 1. The average molecular weight is 306 g/mol. The quantitative estimate of drug-likeness (QED) is 0.739. The number of ether oxygens (including phenoxy) is 1. The molecule has 5 heteroatoms. The van der Waals surface area contributed by atoms with Gasteiger partial charge in [0.15, 0.2) is 0 Å². The number of amides is 1. The lowest BCUT2D eigenvalue weighted by Gasteiger charge is -2.32. The number of aryl methyl sites for hydroxylation is 1. The van der Waals surface area contributed by atoms with E-state index < -0.39 is 6.10 Å². The number of carbonyl (C=O) groups excluding carboxylic acids is 1. The Bertz CT molecular complexity index is 498. The van der Waals surface area contributed by atoms with Crippen LogP contribution >= 0.6 is 0 Å². The van der Waals surface area contributed by atoms with Crippen molar-refractivity contribution in [3.8, 4) is 5.75 Å². The Balaban J connectivity index is 1.73. The summed E-state index contributed by atoms with van der Waals surface area (Å²) in [6, 6.07) is 7.67. The van der Waals surface area contributed by atoms with Crippen LogP contribution in [0.5, 0.6) is 5.75 Å². The first-order chi connectivity index (χ1) is 10.5. The number of rotatable bonds is 6. The number of aliphatic hydroxyl groups excluding tert-OH is 1. The molecule has 2 rings (SSSR count). The predicted molar refractivity (Wildman–Crippen MR) is 85.9 cm³/mol. The molecule has 3 N–H and O–H groups in total. The van der Waals surface area contributed by atoms with Crippen LogP contribution in [0.2, 0.25) is 0 Å². The van der Waals surface area contributed by atoms with E-state index in [1.54, 1.807) is 0 Å². The Morgan fingerprint density at radius 2 is 2.36 bits per heavy atom. The van der Waals surface area contributed by atoms with E-state index in [0.29, 0.717) is 6.54 Å². The molecule has 0 radical (unpaired) electrons. The van der Waals surface area contributed by atoms with E-state index in [1.807, 2.05) is 38.1 Å². The van der Waals surface area contributed by atoms with Crippen molar-refractivity contribution >= 4 is 5.91 Å². The van der Waals surface area contributed by atoms with Crippen LogP contribution in [0.25, 0.3) is 0 Å². The Morgan fingerprint density at radius 3 is 3.05 bits per heavy atom. The van der Waals surface area contributed by atoms with Crippen LogP contribution < -0.4 is 15.4 Å². The molecule has 122 valence electrons. The van der Waals surface area contributed by atoms with Gasteiger partial charge in [-0.2, -0.15) is 0 Å². The normalized spacial score (nSPS) is 22.9. The van der Waals surface area contributed by atoms with E-state index >= 15 is 0 Å². The molecule has 1 saturated heterocycles. The molecule has 22 heavy (non-hydrogen) atoms. The van der Waals surface area contributed by atoms with Crippen LogP contribution in [0.4, 0.5) is 0 Å². The van der Waals surface area contributed by atoms with Crippen molar-refractivity contribution in [2.75, 3.05) is 26.2 Å². The van der Waals surface area contributed by atoms with Gasteiger partial charge in [0, 0.05) is 13.1 Å². The fourth-order valence-corrected chi connectivity index (χ4v) is 2.63. The highest BCUT2D eigenvalue weighted by atomic mass is 16.5. The molecule has 2 atom stereocenters. The Hall–Kier alpha value is -1.59. The second-order valence-corrected chi connectivity index (χ2v) is 6.33. The van der Waals surface area contributed by atoms with E-state index in [4.69, 9.17) is 4.74 Å². The lowest BCUT2D eigenvalue weighted by atomic mass is 9.82. The second kappa shape index (κ2) is 7.61. The van der Waals surface area contributed by atoms with Gasteiger partial charge in [-0.05, 0) is 50.9 Å². The average Bonchev–Trinajstić information content (AvgIpc) is 2.51. The molecule has 5 nitrogen and oxygen atoms in total. The maximum atomic E-state index is 12.2. The fourth-order valence-electron chi connectivity index (χ4n) is 2.63. The van der Waals surface area contributed by atoms with Gasteiger partial charge in [-0.15, -0.1) is 0 Å². The van der Waals surface area contributed by atoms with Gasteiger partial charge in [-0.1, -0.05) is 12.1 Å². The summed E-state index contributed by atoms with van der Waals surface area (Å²) in [5, 5.41) is 16.0. The fraction of sp³-hybridized carbons (Fsp3) is 0.588. The maximum absolute atomic E-state index is 12.2. The summed E-state index contributed by atoms with van der Waals surface area (Å²) in [4.78, 5) is 12.2. The van der Waals surface area contributed by atoms with Gasteiger partial charge >= 0.3 is 0 Å². The van der Waals surface area contributed by atoms with Gasteiger partial charge < -0.3 is 20.5 Å². The third-order valence-electron chi connectivity index (χ3n) is 4.08. The summed E-state index contributed by atoms with van der Waals surface area (Å²) in [6.45, 7) is 5.98. The van der Waals surface area contributed by atoms with E-state index in [0.717, 1.165) is 30.7 Å². The van der Waals surface area contributed by atoms with Crippen molar-refractivity contribution in [2.45, 2.75) is 32.8 Å². The molecule has 1 heterocycles. The highest BCUT2D eigenvalue weighted by molar-refractivity contribution is 5.82. The summed E-state index contributed by atoms with van der Waals surface area (Å²) in [6.07, 6.45) is 1.16. The smallest absolute Gasteiger partial charge is 0.227 e. The van der Waals surface area contributed by atoms with Crippen molar-refractivity contribution < 1.29 is 14.6 Å². The topological polar surface area (TPSA) is 70.6 Å². The summed E-state index contributed by atoms with van der Waals surface area (Å²) >= 11 is 0. The zero-order chi connectivity index (χ0) is 16.0. The summed E-state index contributed by atoms with van der Waals surface area (Å²) in [5.74, 6) is 0.725. The molecule has 0 aromatic heterocycles. The highest BCUT2D eigenvalue weighted by Gasteiger charge is 2.34. The largest absolute Gasteiger partial charge is 0.491 e. The van der Waals surface area contributed by atoms with Crippen LogP contribution in [0.3, 0.4) is 0 Å². The number of hydrogen-bond donors (Lipinski definition) is 3. The first-order valence-electron chi connectivity index (χ1n) is 7.86. The van der Waals surface area contributed by atoms with Crippen LogP contribution in [0, 0.1) is 12.3 Å². The third kappa shape index (κ3) is 4.71. The van der Waals surface area contributed by atoms with E-state index in [2.05, 4.69) is 10.6 Å². The van der Waals surface area contributed by atoms with Gasteiger partial charge in [-0.3, -0.25) is 4.79 Å². The second-order valence-electron chi connectivity index (χ2n) is 6.33. The molecule has 0 aliphatic carbocycles. The SMILES string of the molecule is Cc1cccc(OCC(O)CNC(=O)C2(C)CCCNC2)c1. The van der Waals surface area contributed by atoms with Crippen LogP contribution in [0.15, 0.2) is 24.3 Å². The lowest BCUT2D eigenvalue weighted by Crippen LogP contribution is -2.50. The number of nitrogens with one attached hydrogen (secondary N) is 2. The minimum atomic E-state index is -0.718. The first-order valence-corrected chi connectivity index (χ1v) is 7.86. The van der Waals surface area contributed by atoms with Crippen molar-refractivity contribution in [1.29, 1.82) is 0 Å². The van der Waals surface area contributed by atoms with Crippen LogP contribution in [-0.2, 0) is 4.79 Å². The van der Waals surface area contributed by atoms with Crippen molar-refractivity contribution in [2.24, 2.45) is 5.41 Å². The Labute approximate surface area is 132 Å². The minimum Gasteiger partial charge on any atom is -0.491 e. The molecule has 0 spiro atoms. The minimum absolute atomic E-state index is 0.00527. The van der Waals surface area contributed by atoms with Gasteiger partial charge in [-0.25, -0.2) is 0 Å². The zero-order valence-electron chi connectivity index (χ0n) is 13.4. The number of hydrogen-bond acceptors (Lipinski definition) is 4. The molecule has 1 aliphatic heterocycles. The van der Waals surface area contributed by atoms with Crippen molar-refractivity contribution in [3.05, 3.63) is 29.8 Å². The summed E-state index contributed by atoms with van der Waals surface area (Å²) < 4.78 is 5.54. The summed E-state index contributed by atoms with van der Waals surface area (Å²) in [5.41, 5.74) is 0.730. The maximum Gasteiger partial charge on any atom is 0.227 e. The lowest BCUT2D eigenvalue weighted by molar-refractivity contribution is -0.131. The van der Waals surface area contributed by atoms with Gasteiger partial charge in [0.1, 0.15) is 18.5 Å². The Kier molecular flexibility index (Phi) is 5.80. The van der Waals surface area contributed by atoms with Crippen molar-refractivity contribution in [3.63, 3.8) is 0 Å². The molecule has 0 bridgehead atoms. The monoisotopic (exact) mass is 306 g/mol. The van der Waals surface area contributed by atoms with E-state index in [-0.39, 0.29) is 24.5 Å². The van der Waals surface area contributed by atoms with Gasteiger partial charge in [0.25, 0.3) is 0 Å². The number of benzene rings is 1. The molecule has 1 aromatic rings. The predicted octanol–water partition coefficient (Wildman–Crippen LogP) is 1.24. The van der Waals surface area contributed by atoms with E-state index in [1.165, 1.54) is 0 Å². The summed E-state index contributed by atoms with van der Waals surface area (Å²) in [7, 11) is 0. The molecule has 0 saturated carbocycles. The molecule has 1 aliphatic rings. The molecule has 1 aromatic carbocycles. The third-order valence-corrected chi connectivity index (χ3v) is 4.08. The molecule has 1 amide bonds. The molecular formula is C17H26N2O3. The van der Waals surface area contributed by atoms with Gasteiger partial charge in [0.2, 0.25) is 5.91 Å². The Morgan fingerprint density at radius 1 is 1.55 bits per heavy atom.